The smallest absolute Gasteiger partial charge is 0.125 e. The third-order valence-electron chi connectivity index (χ3n) is 2.15. The largest absolute Gasteiger partial charge is 0.507 e. The summed E-state index contributed by atoms with van der Waals surface area (Å²) in [5, 5.41) is 14.3. The highest BCUT2D eigenvalue weighted by Gasteiger charge is 2.09. The maximum Gasteiger partial charge on any atom is 0.125 e. The van der Waals surface area contributed by atoms with Crippen molar-refractivity contribution < 1.29 is 5.11 Å². The zero-order chi connectivity index (χ0) is 11.0. The quantitative estimate of drug-likeness (QED) is 0.778. The van der Waals surface area contributed by atoms with Gasteiger partial charge in [0.2, 0.25) is 0 Å². The lowest BCUT2D eigenvalue weighted by atomic mass is 10.1. The molecule has 0 aliphatic heterocycles. The summed E-state index contributed by atoms with van der Waals surface area (Å²) in [4.78, 5) is 0. The van der Waals surface area contributed by atoms with E-state index >= 15 is 0 Å². The number of hydrogen-bond acceptors (Lipinski definition) is 3. The molecular weight excluding hydrogens is 214 g/mol. The third-order valence-corrected chi connectivity index (χ3v) is 2.39. The Balaban J connectivity index is 2.58. The van der Waals surface area contributed by atoms with E-state index in [0.717, 1.165) is 0 Å². The number of rotatable bonds is 1. The Bertz CT molecular complexity index is 488. The van der Waals surface area contributed by atoms with Crippen molar-refractivity contribution in [2.24, 2.45) is 7.05 Å². The van der Waals surface area contributed by atoms with Gasteiger partial charge in [-0.1, -0.05) is 11.6 Å². The van der Waals surface area contributed by atoms with Crippen molar-refractivity contribution >= 4 is 17.4 Å². The van der Waals surface area contributed by atoms with Gasteiger partial charge in [-0.15, -0.1) is 0 Å². The van der Waals surface area contributed by atoms with E-state index in [1.807, 2.05) is 0 Å². The molecule has 0 saturated carbocycles. The Morgan fingerprint density at radius 3 is 2.73 bits per heavy atom. The molecule has 0 spiro atoms. The minimum absolute atomic E-state index is 0.137. The highest BCUT2D eigenvalue weighted by molar-refractivity contribution is 6.30. The molecule has 1 aromatic carbocycles. The summed E-state index contributed by atoms with van der Waals surface area (Å²) in [6, 6.07) is 6.49. The number of phenolic OH excluding ortho intramolecular Hbond substituents is 1. The van der Waals surface area contributed by atoms with E-state index in [1.54, 1.807) is 25.2 Å². The van der Waals surface area contributed by atoms with Gasteiger partial charge >= 0.3 is 0 Å². The highest BCUT2D eigenvalue weighted by Crippen LogP contribution is 2.31. The molecule has 78 valence electrons. The molecule has 4 nitrogen and oxygen atoms in total. The monoisotopic (exact) mass is 223 g/mol. The Morgan fingerprint density at radius 2 is 2.13 bits per heavy atom. The number of nitrogen functional groups attached to an aromatic ring is 1. The number of hydrogen-bond donors (Lipinski definition) is 2. The predicted molar refractivity (Wildman–Crippen MR) is 59.7 cm³/mol. The first kappa shape index (κ1) is 9.86. The predicted octanol–water partition coefficient (Wildman–Crippen LogP) is 2.03. The van der Waals surface area contributed by atoms with Crippen LogP contribution in [0, 0.1) is 0 Å². The first-order valence-electron chi connectivity index (χ1n) is 4.36. The minimum atomic E-state index is 0.137. The molecule has 1 heterocycles. The van der Waals surface area contributed by atoms with E-state index in [4.69, 9.17) is 17.3 Å². The summed E-state index contributed by atoms with van der Waals surface area (Å²) < 4.78 is 1.54. The van der Waals surface area contributed by atoms with Crippen molar-refractivity contribution in [1.82, 2.24) is 9.78 Å². The van der Waals surface area contributed by atoms with Crippen LogP contribution in [-0.2, 0) is 7.05 Å². The fourth-order valence-corrected chi connectivity index (χ4v) is 1.50. The van der Waals surface area contributed by atoms with Crippen LogP contribution in [0.3, 0.4) is 0 Å². The Kier molecular flexibility index (Phi) is 2.28. The Hall–Kier alpha value is -1.68. The number of aromatic nitrogens is 2. The van der Waals surface area contributed by atoms with Crippen LogP contribution in [0.25, 0.3) is 11.3 Å². The molecule has 0 amide bonds. The van der Waals surface area contributed by atoms with Crippen molar-refractivity contribution in [3.05, 3.63) is 29.3 Å². The van der Waals surface area contributed by atoms with Crippen LogP contribution >= 0.6 is 11.6 Å². The van der Waals surface area contributed by atoms with Gasteiger partial charge in [0, 0.05) is 23.7 Å². The molecule has 2 rings (SSSR count). The third kappa shape index (κ3) is 1.76. The number of phenols is 1. The fraction of sp³-hybridized carbons (Fsp3) is 0.100. The zero-order valence-electron chi connectivity index (χ0n) is 8.11. The normalized spacial score (nSPS) is 10.5. The van der Waals surface area contributed by atoms with Crippen molar-refractivity contribution in [2.75, 3.05) is 5.73 Å². The number of aryl methyl sites for hydroxylation is 1. The maximum absolute atomic E-state index is 9.64. The van der Waals surface area contributed by atoms with Crippen LogP contribution in [0.2, 0.25) is 5.02 Å². The average Bonchev–Trinajstić information content (AvgIpc) is 2.51. The second kappa shape index (κ2) is 3.47. The lowest BCUT2D eigenvalue weighted by molar-refractivity contribution is 0.477. The van der Waals surface area contributed by atoms with Gasteiger partial charge in [0.25, 0.3) is 0 Å². The van der Waals surface area contributed by atoms with E-state index in [1.165, 1.54) is 10.7 Å². The molecule has 0 aliphatic carbocycles. The van der Waals surface area contributed by atoms with E-state index in [0.29, 0.717) is 22.1 Å². The van der Waals surface area contributed by atoms with Crippen LogP contribution in [0.15, 0.2) is 24.3 Å². The summed E-state index contributed by atoms with van der Waals surface area (Å²) in [6.07, 6.45) is 0. The summed E-state index contributed by atoms with van der Waals surface area (Å²) in [5.74, 6) is 0.668. The molecule has 2 aromatic rings. The van der Waals surface area contributed by atoms with Crippen LogP contribution < -0.4 is 5.73 Å². The van der Waals surface area contributed by atoms with Crippen LogP contribution in [-0.4, -0.2) is 14.9 Å². The fourth-order valence-electron chi connectivity index (χ4n) is 1.33. The van der Waals surface area contributed by atoms with Crippen molar-refractivity contribution in [1.29, 1.82) is 0 Å². The van der Waals surface area contributed by atoms with E-state index in [2.05, 4.69) is 5.10 Å². The topological polar surface area (TPSA) is 64.1 Å². The van der Waals surface area contributed by atoms with E-state index < -0.39 is 0 Å². The first-order chi connectivity index (χ1) is 7.08. The molecule has 0 radical (unpaired) electrons. The van der Waals surface area contributed by atoms with Gasteiger partial charge in [-0.2, -0.15) is 5.10 Å². The molecule has 1 aromatic heterocycles. The second-order valence-corrected chi connectivity index (χ2v) is 3.68. The van der Waals surface area contributed by atoms with Gasteiger partial charge in [-0.05, 0) is 18.2 Å². The number of nitrogens with zero attached hydrogens (tertiary/aromatic N) is 2. The van der Waals surface area contributed by atoms with Gasteiger partial charge in [-0.3, -0.25) is 4.68 Å². The van der Waals surface area contributed by atoms with Crippen molar-refractivity contribution in [2.45, 2.75) is 0 Å². The Labute approximate surface area is 91.9 Å². The molecule has 3 N–H and O–H groups in total. The van der Waals surface area contributed by atoms with Gasteiger partial charge in [0.15, 0.2) is 0 Å². The van der Waals surface area contributed by atoms with Gasteiger partial charge in [0.1, 0.15) is 11.6 Å². The molecule has 0 fully saturated rings. The number of aromatic hydroxyl groups is 1. The Morgan fingerprint density at radius 1 is 1.40 bits per heavy atom. The molecule has 0 saturated heterocycles. The lowest BCUT2D eigenvalue weighted by Gasteiger charge is -2.00. The summed E-state index contributed by atoms with van der Waals surface area (Å²) in [6.45, 7) is 0. The molecule has 0 aliphatic rings. The molecular formula is C10H10ClN3O. The number of nitrogens with two attached hydrogens (primary N) is 1. The van der Waals surface area contributed by atoms with Gasteiger partial charge < -0.3 is 10.8 Å². The second-order valence-electron chi connectivity index (χ2n) is 3.24. The maximum atomic E-state index is 9.64. The van der Waals surface area contributed by atoms with Crippen molar-refractivity contribution in [3.63, 3.8) is 0 Å². The van der Waals surface area contributed by atoms with Gasteiger partial charge in [0.05, 0.1) is 5.69 Å². The van der Waals surface area contributed by atoms with Crippen LogP contribution in [0.4, 0.5) is 5.82 Å². The summed E-state index contributed by atoms with van der Waals surface area (Å²) in [5.41, 5.74) is 6.84. The zero-order valence-corrected chi connectivity index (χ0v) is 8.86. The minimum Gasteiger partial charge on any atom is -0.507 e. The summed E-state index contributed by atoms with van der Waals surface area (Å²) >= 11 is 5.84. The first-order valence-corrected chi connectivity index (χ1v) is 4.74. The van der Waals surface area contributed by atoms with Crippen molar-refractivity contribution in [3.8, 4) is 17.0 Å². The van der Waals surface area contributed by atoms with Crippen LogP contribution in [0.1, 0.15) is 0 Å². The lowest BCUT2D eigenvalue weighted by Crippen LogP contribution is -1.96. The standard InChI is InChI=1S/C10H10ClN3O/c1-14-10(12)5-8(13-14)7-4-6(11)2-3-9(7)15/h2-5,15H,12H2,1H3. The molecule has 5 heteroatoms. The SMILES string of the molecule is Cn1nc(-c2cc(Cl)ccc2O)cc1N. The number of benzene rings is 1. The molecule has 0 atom stereocenters. The van der Waals surface area contributed by atoms with Crippen LogP contribution in [0.5, 0.6) is 5.75 Å². The summed E-state index contributed by atoms with van der Waals surface area (Å²) in [7, 11) is 1.74. The molecule has 0 unspecified atom stereocenters. The molecule has 0 bridgehead atoms. The highest BCUT2D eigenvalue weighted by atomic mass is 35.5. The number of anilines is 1. The van der Waals surface area contributed by atoms with Gasteiger partial charge in [-0.25, -0.2) is 0 Å². The number of halogens is 1. The average molecular weight is 224 g/mol. The van der Waals surface area contributed by atoms with E-state index in [9.17, 15) is 5.11 Å². The molecule has 15 heavy (non-hydrogen) atoms. The van der Waals surface area contributed by atoms with E-state index in [-0.39, 0.29) is 5.75 Å².